The third kappa shape index (κ3) is 3.58. The van der Waals surface area contributed by atoms with Crippen LogP contribution in [0.15, 0.2) is 6.33 Å². The third-order valence-corrected chi connectivity index (χ3v) is 4.79. The third-order valence-electron chi connectivity index (χ3n) is 4.79. The van der Waals surface area contributed by atoms with E-state index in [0.29, 0.717) is 18.0 Å². The van der Waals surface area contributed by atoms with Crippen molar-refractivity contribution in [3.8, 4) is 0 Å². The summed E-state index contributed by atoms with van der Waals surface area (Å²) < 4.78 is 2.00. The van der Waals surface area contributed by atoms with Gasteiger partial charge in [-0.25, -0.2) is 9.67 Å². The maximum absolute atomic E-state index is 5.81. The number of hydrogen-bond donors (Lipinski definition) is 2. The van der Waals surface area contributed by atoms with Crippen LogP contribution in [0.1, 0.15) is 64.7 Å². The largest absolute Gasteiger partial charge is 0.271 e. The minimum absolute atomic E-state index is 0.314. The summed E-state index contributed by atoms with van der Waals surface area (Å²) in [5.74, 6) is 8.44. The molecule has 0 radical (unpaired) electrons. The second kappa shape index (κ2) is 7.18. The molecule has 0 saturated heterocycles. The topological polar surface area (TPSA) is 68.8 Å². The molecule has 0 aliphatic heterocycles. The highest BCUT2D eigenvalue weighted by molar-refractivity contribution is 4.94. The minimum Gasteiger partial charge on any atom is -0.271 e. The van der Waals surface area contributed by atoms with Gasteiger partial charge in [0, 0.05) is 18.5 Å². The second-order valence-corrected chi connectivity index (χ2v) is 6.38. The van der Waals surface area contributed by atoms with Gasteiger partial charge in [-0.05, 0) is 38.5 Å². The minimum atomic E-state index is 0.314. The first-order valence-electron chi connectivity index (χ1n) is 8.00. The molecule has 20 heavy (non-hydrogen) atoms. The van der Waals surface area contributed by atoms with Crippen LogP contribution in [0.2, 0.25) is 0 Å². The number of nitrogens with two attached hydrogens (primary N) is 1. The number of hydrogen-bond acceptors (Lipinski definition) is 4. The van der Waals surface area contributed by atoms with Gasteiger partial charge in [0.1, 0.15) is 12.2 Å². The van der Waals surface area contributed by atoms with Crippen LogP contribution in [0.25, 0.3) is 0 Å². The maximum Gasteiger partial charge on any atom is 0.138 e. The van der Waals surface area contributed by atoms with Crippen molar-refractivity contribution in [2.75, 3.05) is 0 Å². The molecule has 1 aromatic rings. The number of nitrogens with one attached hydrogen (secondary N) is 1. The first-order chi connectivity index (χ1) is 9.65. The Morgan fingerprint density at radius 3 is 2.60 bits per heavy atom. The van der Waals surface area contributed by atoms with Crippen LogP contribution >= 0.6 is 0 Å². The van der Waals surface area contributed by atoms with Crippen molar-refractivity contribution in [3.63, 3.8) is 0 Å². The predicted molar refractivity (Wildman–Crippen MR) is 81.0 cm³/mol. The molecule has 0 aromatic carbocycles. The Hall–Kier alpha value is -0.940. The van der Waals surface area contributed by atoms with Gasteiger partial charge in [0.2, 0.25) is 0 Å². The second-order valence-electron chi connectivity index (χ2n) is 6.38. The van der Waals surface area contributed by atoms with Gasteiger partial charge in [0.25, 0.3) is 0 Å². The summed E-state index contributed by atoms with van der Waals surface area (Å²) in [6, 6.07) is 0.663. The van der Waals surface area contributed by atoms with Crippen LogP contribution in [0.3, 0.4) is 0 Å². The molecular formula is C15H29N5. The molecule has 0 amide bonds. The SMILES string of the molecule is CCC1CCC(C(Cc2ncnn2C(C)C)NN)CC1. The maximum atomic E-state index is 5.81. The molecule has 1 unspecified atom stereocenters. The van der Waals surface area contributed by atoms with E-state index in [1.54, 1.807) is 6.33 Å². The van der Waals surface area contributed by atoms with Crippen LogP contribution in [-0.4, -0.2) is 20.8 Å². The lowest BCUT2D eigenvalue weighted by molar-refractivity contribution is 0.214. The molecule has 0 spiro atoms. The lowest BCUT2D eigenvalue weighted by atomic mass is 9.77. The molecule has 3 N–H and O–H groups in total. The van der Waals surface area contributed by atoms with E-state index in [2.05, 4.69) is 36.3 Å². The Morgan fingerprint density at radius 1 is 1.35 bits per heavy atom. The summed E-state index contributed by atoms with van der Waals surface area (Å²) in [7, 11) is 0. The Labute approximate surface area is 122 Å². The van der Waals surface area contributed by atoms with Crippen LogP contribution < -0.4 is 11.3 Å². The summed E-state index contributed by atoms with van der Waals surface area (Å²) in [5, 5.41) is 4.31. The molecule has 1 saturated carbocycles. The lowest BCUT2D eigenvalue weighted by Gasteiger charge is -2.33. The monoisotopic (exact) mass is 279 g/mol. The van der Waals surface area contributed by atoms with Gasteiger partial charge in [-0.15, -0.1) is 0 Å². The Morgan fingerprint density at radius 2 is 2.05 bits per heavy atom. The van der Waals surface area contributed by atoms with E-state index in [9.17, 15) is 0 Å². The van der Waals surface area contributed by atoms with Crippen molar-refractivity contribution in [1.29, 1.82) is 0 Å². The van der Waals surface area contributed by atoms with Crippen LogP contribution in [0.5, 0.6) is 0 Å². The predicted octanol–water partition coefficient (Wildman–Crippen LogP) is 2.45. The normalized spacial score (nSPS) is 25.1. The molecule has 5 heteroatoms. The average molecular weight is 279 g/mol. The van der Waals surface area contributed by atoms with Gasteiger partial charge in [-0.1, -0.05) is 26.2 Å². The van der Waals surface area contributed by atoms with Gasteiger partial charge >= 0.3 is 0 Å². The standard InChI is InChI=1S/C15H29N5/c1-4-12-5-7-13(8-6-12)14(19-16)9-15-17-10-18-20(15)11(2)3/h10-14,19H,4-9,16H2,1-3H3. The molecule has 114 valence electrons. The summed E-state index contributed by atoms with van der Waals surface area (Å²) in [6.45, 7) is 6.57. The Balaban J connectivity index is 1.97. The first-order valence-corrected chi connectivity index (χ1v) is 8.00. The molecule has 1 aliphatic carbocycles. The zero-order valence-corrected chi connectivity index (χ0v) is 13.0. The molecule has 1 atom stereocenters. The van der Waals surface area contributed by atoms with E-state index in [4.69, 9.17) is 5.84 Å². The summed E-state index contributed by atoms with van der Waals surface area (Å²) in [6.07, 6.45) is 9.08. The fourth-order valence-corrected chi connectivity index (χ4v) is 3.41. The molecule has 0 bridgehead atoms. The number of nitrogens with zero attached hydrogens (tertiary/aromatic N) is 3. The van der Waals surface area contributed by atoms with Crippen LogP contribution in [0, 0.1) is 11.8 Å². The highest BCUT2D eigenvalue weighted by Gasteiger charge is 2.27. The Kier molecular flexibility index (Phi) is 5.54. The van der Waals surface area contributed by atoms with Crippen LogP contribution in [0.4, 0.5) is 0 Å². The zero-order valence-electron chi connectivity index (χ0n) is 13.0. The van der Waals surface area contributed by atoms with Gasteiger partial charge in [0.05, 0.1) is 0 Å². The highest BCUT2D eigenvalue weighted by atomic mass is 15.3. The lowest BCUT2D eigenvalue weighted by Crippen LogP contribution is -2.44. The van der Waals surface area contributed by atoms with E-state index < -0.39 is 0 Å². The van der Waals surface area contributed by atoms with Crippen molar-refractivity contribution < 1.29 is 0 Å². The molecule has 1 aliphatic rings. The Bertz CT molecular complexity index is 393. The smallest absolute Gasteiger partial charge is 0.138 e. The van der Waals surface area contributed by atoms with Crippen molar-refractivity contribution >= 4 is 0 Å². The molecule has 2 rings (SSSR count). The summed E-state index contributed by atoms with van der Waals surface area (Å²) >= 11 is 0. The van der Waals surface area contributed by atoms with E-state index in [1.807, 2.05) is 4.68 Å². The average Bonchev–Trinajstić information content (AvgIpc) is 2.93. The summed E-state index contributed by atoms with van der Waals surface area (Å²) in [4.78, 5) is 4.41. The molecular weight excluding hydrogens is 250 g/mol. The molecule has 1 aromatic heterocycles. The van der Waals surface area contributed by atoms with Crippen LogP contribution in [-0.2, 0) is 6.42 Å². The number of aromatic nitrogens is 3. The fraction of sp³-hybridized carbons (Fsp3) is 0.867. The summed E-state index contributed by atoms with van der Waals surface area (Å²) in [5.41, 5.74) is 3.03. The fourth-order valence-electron chi connectivity index (χ4n) is 3.41. The molecule has 1 fully saturated rings. The first kappa shape index (κ1) is 15.4. The van der Waals surface area contributed by atoms with Crippen molar-refractivity contribution in [2.24, 2.45) is 17.7 Å². The van der Waals surface area contributed by atoms with E-state index in [0.717, 1.165) is 18.2 Å². The highest BCUT2D eigenvalue weighted by Crippen LogP contribution is 2.33. The zero-order chi connectivity index (χ0) is 14.5. The molecule has 5 nitrogen and oxygen atoms in total. The van der Waals surface area contributed by atoms with Crippen molar-refractivity contribution in [3.05, 3.63) is 12.2 Å². The quantitative estimate of drug-likeness (QED) is 0.620. The van der Waals surface area contributed by atoms with Gasteiger partial charge in [-0.2, -0.15) is 5.10 Å². The number of hydrazine groups is 1. The van der Waals surface area contributed by atoms with E-state index >= 15 is 0 Å². The van der Waals surface area contributed by atoms with E-state index in [1.165, 1.54) is 32.1 Å². The van der Waals surface area contributed by atoms with Gasteiger partial charge in [-0.3, -0.25) is 11.3 Å². The van der Waals surface area contributed by atoms with Crippen molar-refractivity contribution in [1.82, 2.24) is 20.2 Å². The molecule has 1 heterocycles. The van der Waals surface area contributed by atoms with E-state index in [-0.39, 0.29) is 0 Å². The van der Waals surface area contributed by atoms with Gasteiger partial charge < -0.3 is 0 Å². The van der Waals surface area contributed by atoms with Crippen molar-refractivity contribution in [2.45, 2.75) is 71.4 Å². The number of rotatable bonds is 6. The van der Waals surface area contributed by atoms with Gasteiger partial charge in [0.15, 0.2) is 0 Å².